The molecular weight excluding hydrogens is 431 g/mol. The number of hydrogen-bond acceptors (Lipinski definition) is 5. The predicted octanol–water partition coefficient (Wildman–Crippen LogP) is 3.45. The van der Waals surface area contributed by atoms with E-state index >= 15 is 0 Å². The molecule has 3 aliphatic rings. The van der Waals surface area contributed by atoms with Crippen molar-refractivity contribution in [2.75, 3.05) is 17.2 Å². The van der Waals surface area contributed by atoms with Crippen LogP contribution in [-0.4, -0.2) is 29.5 Å². The normalized spacial score (nSPS) is 30.3. The number of nitrogens with one attached hydrogen (secondary N) is 3. The minimum atomic E-state index is -0.744. The van der Waals surface area contributed by atoms with Gasteiger partial charge in [0.1, 0.15) is 12.4 Å². The Balaban J connectivity index is 1.49. The first-order valence-corrected chi connectivity index (χ1v) is 12.6. The first kappa shape index (κ1) is 23.1. The minimum Gasteiger partial charge on any atom is -0.385 e. The van der Waals surface area contributed by atoms with Crippen LogP contribution in [0.1, 0.15) is 75.2 Å². The molecule has 1 aromatic carbocycles. The summed E-state index contributed by atoms with van der Waals surface area (Å²) in [4.78, 5) is 18.0. The van der Waals surface area contributed by atoms with Crippen molar-refractivity contribution in [2.45, 2.75) is 82.5 Å². The number of carbonyl (C=O) groups excluding carboxylic acids is 1. The molecule has 6 nitrogen and oxygen atoms in total. The van der Waals surface area contributed by atoms with Crippen molar-refractivity contribution in [3.63, 3.8) is 0 Å². The fourth-order valence-corrected chi connectivity index (χ4v) is 6.18. The van der Waals surface area contributed by atoms with E-state index in [1.54, 1.807) is 18.2 Å². The molecule has 34 heavy (non-hydrogen) atoms. The molecule has 0 spiro atoms. The molecule has 1 aliphatic heterocycles. The zero-order valence-electron chi connectivity index (χ0n) is 20.0. The van der Waals surface area contributed by atoms with Crippen LogP contribution in [0.3, 0.4) is 0 Å². The van der Waals surface area contributed by atoms with E-state index < -0.39 is 5.41 Å². The largest absolute Gasteiger partial charge is 0.385 e. The molecule has 2 aromatic rings. The van der Waals surface area contributed by atoms with Gasteiger partial charge in [0.2, 0.25) is 0 Å². The lowest BCUT2D eigenvalue weighted by Gasteiger charge is -2.43. The van der Waals surface area contributed by atoms with Crippen LogP contribution in [0.25, 0.3) is 0 Å². The van der Waals surface area contributed by atoms with E-state index in [0.29, 0.717) is 12.2 Å². The number of aliphatic hydroxyl groups is 1. The third-order valence-corrected chi connectivity index (χ3v) is 8.03. The fraction of sp³-hybridized carbons (Fsp3) is 0.556. The van der Waals surface area contributed by atoms with E-state index in [1.165, 1.54) is 0 Å². The number of rotatable bonds is 6. The Morgan fingerprint density at radius 3 is 2.79 bits per heavy atom. The van der Waals surface area contributed by atoms with E-state index in [9.17, 15) is 14.3 Å². The van der Waals surface area contributed by atoms with Gasteiger partial charge in [0.25, 0.3) is 0 Å². The highest BCUT2D eigenvalue weighted by molar-refractivity contribution is 6.01. The van der Waals surface area contributed by atoms with Crippen molar-refractivity contribution in [3.05, 3.63) is 53.1 Å². The van der Waals surface area contributed by atoms with E-state index in [1.807, 2.05) is 19.9 Å². The van der Waals surface area contributed by atoms with Crippen LogP contribution < -0.4 is 20.9 Å². The van der Waals surface area contributed by atoms with Gasteiger partial charge in [-0.15, -0.1) is 0 Å². The predicted molar refractivity (Wildman–Crippen MR) is 128 cm³/mol. The highest BCUT2D eigenvalue weighted by Crippen LogP contribution is 2.54. The van der Waals surface area contributed by atoms with Gasteiger partial charge in [-0.2, -0.15) is 0 Å². The number of halogens is 1. The summed E-state index contributed by atoms with van der Waals surface area (Å²) >= 11 is 0. The lowest BCUT2D eigenvalue weighted by Crippen LogP contribution is -2.48. The molecule has 1 saturated heterocycles. The van der Waals surface area contributed by atoms with Gasteiger partial charge in [0.05, 0.1) is 17.5 Å². The Morgan fingerprint density at radius 2 is 2.06 bits per heavy atom. The number of Topliss-reactive ketones (excluding diaryl/α,β-unsaturated/α-hetero) is 1. The average molecular weight is 466 g/mol. The maximum absolute atomic E-state index is 14.8. The third kappa shape index (κ3) is 4.03. The van der Waals surface area contributed by atoms with E-state index in [2.05, 4.69) is 27.1 Å². The maximum Gasteiger partial charge on any atom is 0.342 e. The summed E-state index contributed by atoms with van der Waals surface area (Å²) in [6, 6.07) is 6.84. The number of ketones is 1. The van der Waals surface area contributed by atoms with Crippen molar-refractivity contribution >= 4 is 17.2 Å². The topological polar surface area (TPSA) is 97.4 Å². The van der Waals surface area contributed by atoms with Gasteiger partial charge in [0.15, 0.2) is 11.5 Å². The molecule has 5 rings (SSSR count). The molecule has 0 bridgehead atoms. The summed E-state index contributed by atoms with van der Waals surface area (Å²) in [7, 11) is 0. The Bertz CT molecular complexity index is 1060. The summed E-state index contributed by atoms with van der Waals surface area (Å²) in [5.41, 5.74) is 3.37. The monoisotopic (exact) mass is 465 g/mol. The van der Waals surface area contributed by atoms with E-state index in [0.717, 1.165) is 61.0 Å². The molecule has 4 N–H and O–H groups in total. The number of anilines is 2. The van der Waals surface area contributed by atoms with Crippen molar-refractivity contribution in [1.29, 1.82) is 0 Å². The molecule has 5 atom stereocenters. The number of aliphatic hydroxyl groups excluding tert-OH is 1. The van der Waals surface area contributed by atoms with Crippen LogP contribution in [0.15, 0.2) is 24.3 Å². The minimum absolute atomic E-state index is 0.0154. The molecular formula is C27H34FN4O2+. The average Bonchev–Trinajstić information content (AvgIpc) is 3.60. The van der Waals surface area contributed by atoms with Crippen molar-refractivity contribution in [1.82, 2.24) is 5.32 Å². The summed E-state index contributed by atoms with van der Waals surface area (Å²) < 4.78 is 14.8. The Morgan fingerprint density at radius 1 is 1.24 bits per heavy atom. The fourth-order valence-electron chi connectivity index (χ4n) is 6.18. The summed E-state index contributed by atoms with van der Waals surface area (Å²) in [5, 5.41) is 19.5. The molecule has 2 fully saturated rings. The quantitative estimate of drug-likeness (QED) is 0.488. The van der Waals surface area contributed by atoms with E-state index in [-0.39, 0.29) is 42.3 Å². The third-order valence-electron chi connectivity index (χ3n) is 8.03. The summed E-state index contributed by atoms with van der Waals surface area (Å²) in [6.45, 7) is 4.65. The number of benzene rings is 1. The highest BCUT2D eigenvalue weighted by atomic mass is 19.1. The zero-order chi connectivity index (χ0) is 23.9. The van der Waals surface area contributed by atoms with Gasteiger partial charge in [-0.25, -0.2) is 4.39 Å². The number of carbonyl (C=O) groups is 1. The SMILES string of the molecule is CCNc1cc(F)cc2c1C1NC1C(=O)C2(C)C1CCCCC[C@@H](Nc2c#[n+]c(CO)cc2)C1. The molecule has 180 valence electrons. The van der Waals surface area contributed by atoms with Crippen LogP contribution in [0, 0.1) is 17.9 Å². The van der Waals surface area contributed by atoms with Crippen molar-refractivity contribution in [2.24, 2.45) is 5.92 Å². The van der Waals surface area contributed by atoms with Gasteiger partial charge in [-0.1, -0.05) is 19.3 Å². The molecule has 0 radical (unpaired) electrons. The van der Waals surface area contributed by atoms with Crippen LogP contribution in [0.2, 0.25) is 0 Å². The van der Waals surface area contributed by atoms with Gasteiger partial charge >= 0.3 is 11.9 Å². The molecule has 1 aromatic heterocycles. The standard InChI is InChI=1S/C27H34FN4O2/c1-3-29-22-13-17(28)12-21-23(22)24-25(32-24)26(34)27(21,2)16-7-5-4-6-8-18(11-16)31-19-9-10-20(15-33)30-14-19/h9-10,12-13,16,18,24-25,29,31-33H,3-8,11,15H2,1-2H3/q+1/t16?,18-,24?,25?,27?/m1/s1. The van der Waals surface area contributed by atoms with Crippen LogP contribution in [0.5, 0.6) is 0 Å². The first-order chi connectivity index (χ1) is 16.5. The first-order valence-electron chi connectivity index (χ1n) is 12.6. The molecule has 0 amide bonds. The summed E-state index contributed by atoms with van der Waals surface area (Å²) in [5.74, 6) is 0.00161. The smallest absolute Gasteiger partial charge is 0.342 e. The van der Waals surface area contributed by atoms with Crippen molar-refractivity contribution in [3.8, 4) is 0 Å². The van der Waals surface area contributed by atoms with Gasteiger partial charge < -0.3 is 15.7 Å². The van der Waals surface area contributed by atoms with Crippen LogP contribution in [0.4, 0.5) is 15.8 Å². The molecule has 2 heterocycles. The lowest BCUT2D eigenvalue weighted by molar-refractivity contribution is -0.313. The molecule has 4 unspecified atom stereocenters. The van der Waals surface area contributed by atoms with Crippen molar-refractivity contribution < 1.29 is 19.3 Å². The van der Waals surface area contributed by atoms with Gasteiger partial charge in [-0.3, -0.25) is 10.1 Å². The highest BCUT2D eigenvalue weighted by Gasteiger charge is 2.60. The number of nitrogens with zero attached hydrogens (tertiary/aromatic N) is 1. The zero-order valence-corrected chi connectivity index (χ0v) is 20.0. The Labute approximate surface area is 200 Å². The van der Waals surface area contributed by atoms with Crippen LogP contribution >= 0.6 is 0 Å². The second-order valence-corrected chi connectivity index (χ2v) is 10.2. The second-order valence-electron chi connectivity index (χ2n) is 10.2. The number of hydrogen-bond donors (Lipinski definition) is 4. The molecule has 7 heteroatoms. The number of aromatic nitrogens is 1. The van der Waals surface area contributed by atoms with Gasteiger partial charge in [-0.05, 0) is 73.3 Å². The Kier molecular flexibility index (Phi) is 6.22. The molecule has 2 aliphatic carbocycles. The lowest BCUT2D eigenvalue weighted by atomic mass is 9.60. The maximum atomic E-state index is 14.8. The van der Waals surface area contributed by atoms with Gasteiger partial charge in [0, 0.05) is 24.3 Å². The van der Waals surface area contributed by atoms with Crippen LogP contribution in [-0.2, 0) is 16.8 Å². The second kappa shape index (κ2) is 9.16. The Hall–Kier alpha value is -2.69. The van der Waals surface area contributed by atoms with E-state index in [4.69, 9.17) is 0 Å². The summed E-state index contributed by atoms with van der Waals surface area (Å²) in [6.07, 6.45) is 9.06. The molecule has 1 saturated carbocycles. The number of fused-ring (bicyclic) bond motifs is 3.